The van der Waals surface area contributed by atoms with Crippen molar-refractivity contribution in [2.75, 3.05) is 32.8 Å². The lowest BCUT2D eigenvalue weighted by atomic mass is 10.1. The second-order valence-electron chi connectivity index (χ2n) is 7.62. The Kier molecular flexibility index (Phi) is 11.6. The molecule has 0 N–H and O–H groups in total. The topological polar surface area (TPSA) is 36.6 Å². The van der Waals surface area contributed by atoms with E-state index in [-0.39, 0.29) is 5.70 Å². The van der Waals surface area contributed by atoms with Gasteiger partial charge < -0.3 is 14.3 Å². The van der Waals surface area contributed by atoms with Gasteiger partial charge in [-0.25, -0.2) is 4.85 Å². The number of hydrogen-bond acceptors (Lipinski definition) is 2. The minimum atomic E-state index is -0.415. The van der Waals surface area contributed by atoms with Crippen LogP contribution in [0.5, 0.6) is 0 Å². The molecule has 0 unspecified atom stereocenters. The predicted molar refractivity (Wildman–Crippen MR) is 98.8 cm³/mol. The van der Waals surface area contributed by atoms with E-state index in [1.165, 1.54) is 6.42 Å². The second-order valence-corrected chi connectivity index (χ2v) is 7.62. The van der Waals surface area contributed by atoms with Crippen LogP contribution in [-0.2, 0) is 4.74 Å². The average Bonchev–Trinajstić information content (AvgIpc) is 2.54. The lowest BCUT2D eigenvalue weighted by Gasteiger charge is -2.37. The standard InChI is InChI=1S/C20H38N2O2/c1-8-22(9-2,14-10-12-17(3)4)16-19(21-7)20(23)24-15-11-13-18(5)6/h17-18H,8-16H2,1-6H3/b20-19+. The summed E-state index contributed by atoms with van der Waals surface area (Å²) in [6.07, 6.45) is 4.23. The SMILES string of the molecule is [C-]#[N+]/C(C[N+](CC)(CC)CCCC(C)C)=C(\[O-])OCCCC(C)C. The number of quaternary nitrogens is 1. The van der Waals surface area contributed by atoms with E-state index in [1.807, 2.05) is 0 Å². The molecule has 0 rings (SSSR count). The third-order valence-corrected chi connectivity index (χ3v) is 4.77. The van der Waals surface area contributed by atoms with Crippen LogP contribution in [0.25, 0.3) is 4.85 Å². The van der Waals surface area contributed by atoms with Crippen LogP contribution in [0.2, 0.25) is 0 Å². The summed E-state index contributed by atoms with van der Waals surface area (Å²) in [6.45, 7) is 24.3. The van der Waals surface area contributed by atoms with Crippen molar-refractivity contribution < 1.29 is 14.3 Å². The highest BCUT2D eigenvalue weighted by molar-refractivity contribution is 5.10. The van der Waals surface area contributed by atoms with Gasteiger partial charge >= 0.3 is 0 Å². The van der Waals surface area contributed by atoms with Crippen molar-refractivity contribution >= 4 is 0 Å². The maximum Gasteiger partial charge on any atom is 0.239 e. The Labute approximate surface area is 149 Å². The molecule has 0 aliphatic carbocycles. The lowest BCUT2D eigenvalue weighted by molar-refractivity contribution is -0.920. The fourth-order valence-electron chi connectivity index (χ4n) is 2.88. The Hall–Kier alpha value is -1.21. The van der Waals surface area contributed by atoms with Gasteiger partial charge in [-0.05, 0) is 51.6 Å². The van der Waals surface area contributed by atoms with Crippen LogP contribution in [0.4, 0.5) is 0 Å². The molecule has 0 bridgehead atoms. The molecule has 0 aromatic rings. The van der Waals surface area contributed by atoms with Gasteiger partial charge in [0.05, 0.1) is 32.2 Å². The second kappa shape index (κ2) is 12.2. The van der Waals surface area contributed by atoms with E-state index >= 15 is 0 Å². The highest BCUT2D eigenvalue weighted by Crippen LogP contribution is 2.17. The highest BCUT2D eigenvalue weighted by Gasteiger charge is 2.25. The predicted octanol–water partition coefficient (Wildman–Crippen LogP) is 4.18. The summed E-state index contributed by atoms with van der Waals surface area (Å²) in [7, 11) is 0. The molecule has 0 saturated carbocycles. The first-order valence-corrected chi connectivity index (χ1v) is 9.55. The number of nitrogens with zero attached hydrogens (tertiary/aromatic N) is 2. The average molecular weight is 339 g/mol. The summed E-state index contributed by atoms with van der Waals surface area (Å²) in [5, 5.41) is 12.2. The molecule has 0 atom stereocenters. The van der Waals surface area contributed by atoms with E-state index in [9.17, 15) is 5.11 Å². The van der Waals surface area contributed by atoms with Gasteiger partial charge in [-0.1, -0.05) is 34.1 Å². The zero-order valence-corrected chi connectivity index (χ0v) is 16.7. The molecule has 0 aliphatic heterocycles. The van der Waals surface area contributed by atoms with Crippen LogP contribution in [0.3, 0.4) is 0 Å². The Bertz CT molecular complexity index is 404. The molecule has 0 aromatic carbocycles. The normalized spacial score (nSPS) is 13.1. The quantitative estimate of drug-likeness (QED) is 0.219. The van der Waals surface area contributed by atoms with Crippen molar-refractivity contribution in [2.45, 2.75) is 67.2 Å². The minimum Gasteiger partial charge on any atom is -0.622 e. The van der Waals surface area contributed by atoms with E-state index in [2.05, 4.69) is 46.4 Å². The van der Waals surface area contributed by atoms with Gasteiger partial charge in [-0.15, -0.1) is 0 Å². The van der Waals surface area contributed by atoms with Gasteiger partial charge in [0.15, 0.2) is 0 Å². The summed E-state index contributed by atoms with van der Waals surface area (Å²) in [5.41, 5.74) is 0.257. The first-order chi connectivity index (χ1) is 11.3. The minimum absolute atomic E-state index is 0.257. The van der Waals surface area contributed by atoms with E-state index < -0.39 is 5.95 Å². The van der Waals surface area contributed by atoms with Gasteiger partial charge in [0, 0.05) is 0 Å². The maximum absolute atomic E-state index is 12.2. The van der Waals surface area contributed by atoms with Crippen molar-refractivity contribution in [1.29, 1.82) is 0 Å². The molecule has 0 radical (unpaired) electrons. The molecule has 0 fully saturated rings. The van der Waals surface area contributed by atoms with Crippen LogP contribution >= 0.6 is 0 Å². The van der Waals surface area contributed by atoms with Gasteiger partial charge in [-0.2, -0.15) is 0 Å². The molecule has 0 saturated heterocycles. The van der Waals surface area contributed by atoms with E-state index in [0.29, 0.717) is 25.0 Å². The zero-order valence-electron chi connectivity index (χ0n) is 16.7. The monoisotopic (exact) mass is 338 g/mol. The van der Waals surface area contributed by atoms with Gasteiger partial charge in [0.2, 0.25) is 5.70 Å². The lowest BCUT2D eigenvalue weighted by Crippen LogP contribution is -2.50. The maximum atomic E-state index is 12.2. The van der Waals surface area contributed by atoms with Gasteiger partial charge in [-0.3, -0.25) is 0 Å². The molecular formula is C20H38N2O2. The van der Waals surface area contributed by atoms with E-state index in [4.69, 9.17) is 11.3 Å². The smallest absolute Gasteiger partial charge is 0.239 e. The van der Waals surface area contributed by atoms with Gasteiger partial charge in [0.25, 0.3) is 0 Å². The number of hydrogen-bond donors (Lipinski definition) is 0. The molecule has 140 valence electrons. The highest BCUT2D eigenvalue weighted by atomic mass is 16.6. The van der Waals surface area contributed by atoms with Crippen LogP contribution in [0, 0.1) is 18.4 Å². The van der Waals surface area contributed by atoms with Crippen LogP contribution in [0.1, 0.15) is 67.2 Å². The van der Waals surface area contributed by atoms with Gasteiger partial charge in [0.1, 0.15) is 6.54 Å². The zero-order chi connectivity index (χ0) is 18.6. The fourth-order valence-corrected chi connectivity index (χ4v) is 2.88. The molecule has 24 heavy (non-hydrogen) atoms. The molecule has 0 heterocycles. The third-order valence-electron chi connectivity index (χ3n) is 4.77. The number of ether oxygens (including phenoxy) is 1. The Morgan fingerprint density at radius 3 is 2.04 bits per heavy atom. The molecule has 0 aromatic heterocycles. The van der Waals surface area contributed by atoms with E-state index in [1.54, 1.807) is 0 Å². The molecule has 4 nitrogen and oxygen atoms in total. The van der Waals surface area contributed by atoms with Crippen molar-refractivity contribution in [2.24, 2.45) is 11.8 Å². The third kappa shape index (κ3) is 9.17. The molecule has 0 amide bonds. The summed E-state index contributed by atoms with van der Waals surface area (Å²) in [4.78, 5) is 3.50. The summed E-state index contributed by atoms with van der Waals surface area (Å²) in [6, 6.07) is 0. The van der Waals surface area contributed by atoms with Crippen LogP contribution in [-0.4, -0.2) is 37.3 Å². The largest absolute Gasteiger partial charge is 0.622 e. The summed E-state index contributed by atoms with van der Waals surface area (Å²) < 4.78 is 6.12. The molecular weight excluding hydrogens is 300 g/mol. The molecule has 0 spiro atoms. The fraction of sp³-hybridized carbons (Fsp3) is 0.850. The number of likely N-dealkylation sites (N-methyl/N-ethyl adjacent to an activating group) is 1. The first kappa shape index (κ1) is 22.8. The number of rotatable bonds is 13. The summed E-state index contributed by atoms with van der Waals surface area (Å²) in [5.74, 6) is 0.885. The Balaban J connectivity index is 4.80. The molecule has 4 heteroatoms. The van der Waals surface area contributed by atoms with Crippen LogP contribution in [0.15, 0.2) is 11.6 Å². The van der Waals surface area contributed by atoms with Crippen molar-refractivity contribution in [3.05, 3.63) is 23.1 Å². The Morgan fingerprint density at radius 2 is 1.58 bits per heavy atom. The first-order valence-electron chi connectivity index (χ1n) is 9.55. The molecule has 0 aliphatic rings. The van der Waals surface area contributed by atoms with Crippen molar-refractivity contribution in [1.82, 2.24) is 0 Å². The summed E-state index contributed by atoms with van der Waals surface area (Å²) >= 11 is 0. The van der Waals surface area contributed by atoms with Crippen LogP contribution < -0.4 is 5.11 Å². The van der Waals surface area contributed by atoms with Crippen molar-refractivity contribution in [3.8, 4) is 0 Å². The Morgan fingerprint density at radius 1 is 1.04 bits per heavy atom. The van der Waals surface area contributed by atoms with Crippen molar-refractivity contribution in [3.63, 3.8) is 0 Å². The van der Waals surface area contributed by atoms with E-state index in [0.717, 1.165) is 43.4 Å².